The molecule has 1 aliphatic carbocycles. The van der Waals surface area contributed by atoms with Crippen molar-refractivity contribution >= 4 is 5.97 Å². The predicted molar refractivity (Wildman–Crippen MR) is 54.8 cm³/mol. The molecule has 1 aliphatic heterocycles. The fourth-order valence-corrected chi connectivity index (χ4v) is 2.39. The molecule has 2 nitrogen and oxygen atoms in total. The summed E-state index contributed by atoms with van der Waals surface area (Å²) in [5.74, 6) is 0.642. The van der Waals surface area contributed by atoms with Crippen LogP contribution in [0.2, 0.25) is 0 Å². The van der Waals surface area contributed by atoms with Crippen LogP contribution in [0.5, 0.6) is 0 Å². The summed E-state index contributed by atoms with van der Waals surface area (Å²) < 4.78 is 5.05. The normalized spacial score (nSPS) is 27.6. The summed E-state index contributed by atoms with van der Waals surface area (Å²) in [4.78, 5) is 11.3. The highest BCUT2D eigenvalue weighted by molar-refractivity contribution is 5.91. The van der Waals surface area contributed by atoms with E-state index in [-0.39, 0.29) is 5.97 Å². The van der Waals surface area contributed by atoms with Crippen molar-refractivity contribution in [1.29, 1.82) is 0 Å². The van der Waals surface area contributed by atoms with Crippen LogP contribution in [0.15, 0.2) is 11.1 Å². The number of carbonyl (C=O) groups excluding carboxylic acids is 1. The van der Waals surface area contributed by atoms with Gasteiger partial charge in [-0.3, -0.25) is 0 Å². The van der Waals surface area contributed by atoms with E-state index < -0.39 is 0 Å². The molecule has 2 aliphatic rings. The minimum atomic E-state index is -0.0626. The lowest BCUT2D eigenvalue weighted by atomic mass is 9.71. The first-order chi connectivity index (χ1) is 6.48. The molecule has 0 aromatic carbocycles. The molecular weight excluding hydrogens is 176 g/mol. The maximum absolute atomic E-state index is 11.3. The SMILES string of the molecule is CC(C)(C)[C@@H]1CCC2=C(COC2=O)C1. The molecule has 0 amide bonds. The molecule has 1 heterocycles. The topological polar surface area (TPSA) is 26.3 Å². The van der Waals surface area contributed by atoms with E-state index in [0.717, 1.165) is 24.8 Å². The van der Waals surface area contributed by atoms with Gasteiger partial charge in [0.25, 0.3) is 0 Å². The summed E-state index contributed by atoms with van der Waals surface area (Å²) in [5.41, 5.74) is 2.59. The van der Waals surface area contributed by atoms with Crippen LogP contribution in [-0.2, 0) is 9.53 Å². The average Bonchev–Trinajstić information content (AvgIpc) is 2.46. The first-order valence-corrected chi connectivity index (χ1v) is 5.36. The molecule has 0 saturated carbocycles. The van der Waals surface area contributed by atoms with Gasteiger partial charge in [-0.1, -0.05) is 20.8 Å². The van der Waals surface area contributed by atoms with Gasteiger partial charge in [-0.25, -0.2) is 4.79 Å². The zero-order chi connectivity index (χ0) is 10.3. The summed E-state index contributed by atoms with van der Waals surface area (Å²) >= 11 is 0. The predicted octanol–water partition coefficient (Wildman–Crippen LogP) is 2.69. The Hall–Kier alpha value is -0.790. The van der Waals surface area contributed by atoms with Gasteiger partial charge in [0.15, 0.2) is 0 Å². The molecule has 0 unspecified atom stereocenters. The molecule has 0 aromatic rings. The fourth-order valence-electron chi connectivity index (χ4n) is 2.39. The van der Waals surface area contributed by atoms with Crippen molar-refractivity contribution in [3.8, 4) is 0 Å². The van der Waals surface area contributed by atoms with E-state index in [9.17, 15) is 4.79 Å². The van der Waals surface area contributed by atoms with Gasteiger partial charge < -0.3 is 4.74 Å². The van der Waals surface area contributed by atoms with Crippen molar-refractivity contribution in [3.05, 3.63) is 11.1 Å². The molecule has 14 heavy (non-hydrogen) atoms. The second-order valence-electron chi connectivity index (χ2n) is 5.46. The number of ether oxygens (including phenoxy) is 1. The van der Waals surface area contributed by atoms with Crippen LogP contribution in [0.4, 0.5) is 0 Å². The summed E-state index contributed by atoms with van der Waals surface area (Å²) in [6.07, 6.45) is 3.12. The van der Waals surface area contributed by atoms with Crippen LogP contribution in [0.3, 0.4) is 0 Å². The highest BCUT2D eigenvalue weighted by Crippen LogP contribution is 2.42. The van der Waals surface area contributed by atoms with E-state index in [1.807, 2.05) is 0 Å². The van der Waals surface area contributed by atoms with Crippen molar-refractivity contribution in [2.75, 3.05) is 6.61 Å². The molecule has 1 atom stereocenters. The van der Waals surface area contributed by atoms with E-state index in [1.165, 1.54) is 5.57 Å². The standard InChI is InChI=1S/C12H18O2/c1-12(2,3)9-4-5-10-8(6-9)7-14-11(10)13/h9H,4-7H2,1-3H3/t9-/m1/s1. The number of rotatable bonds is 0. The van der Waals surface area contributed by atoms with E-state index in [0.29, 0.717) is 17.9 Å². The highest BCUT2D eigenvalue weighted by Gasteiger charge is 2.35. The van der Waals surface area contributed by atoms with Crippen LogP contribution in [0.25, 0.3) is 0 Å². The summed E-state index contributed by atoms with van der Waals surface area (Å²) in [6.45, 7) is 7.39. The first kappa shape index (κ1) is 9.75. The first-order valence-electron chi connectivity index (χ1n) is 5.36. The Bertz CT molecular complexity index is 294. The third-order valence-electron chi connectivity index (χ3n) is 3.51. The average molecular weight is 194 g/mol. The molecule has 2 heteroatoms. The monoisotopic (exact) mass is 194 g/mol. The molecule has 0 fully saturated rings. The van der Waals surface area contributed by atoms with Gasteiger partial charge in [0.05, 0.1) is 0 Å². The maximum Gasteiger partial charge on any atom is 0.334 e. The zero-order valence-corrected chi connectivity index (χ0v) is 9.22. The van der Waals surface area contributed by atoms with Gasteiger partial charge in [0.2, 0.25) is 0 Å². The lowest BCUT2D eigenvalue weighted by Crippen LogP contribution is -2.24. The van der Waals surface area contributed by atoms with Gasteiger partial charge in [-0.2, -0.15) is 0 Å². The molecule has 0 bridgehead atoms. The molecule has 0 spiro atoms. The van der Waals surface area contributed by atoms with Gasteiger partial charge in [0.1, 0.15) is 6.61 Å². The number of hydrogen-bond donors (Lipinski definition) is 0. The van der Waals surface area contributed by atoms with Crippen LogP contribution in [-0.4, -0.2) is 12.6 Å². The van der Waals surface area contributed by atoms with E-state index in [1.54, 1.807) is 0 Å². The number of hydrogen-bond acceptors (Lipinski definition) is 2. The second kappa shape index (κ2) is 3.11. The third kappa shape index (κ3) is 1.58. The van der Waals surface area contributed by atoms with Crippen LogP contribution in [0.1, 0.15) is 40.0 Å². The van der Waals surface area contributed by atoms with E-state index in [4.69, 9.17) is 4.74 Å². The lowest BCUT2D eigenvalue weighted by molar-refractivity contribution is -0.136. The van der Waals surface area contributed by atoms with Crippen molar-refractivity contribution in [3.63, 3.8) is 0 Å². The molecule has 2 rings (SSSR count). The Balaban J connectivity index is 2.15. The third-order valence-corrected chi connectivity index (χ3v) is 3.51. The molecule has 78 valence electrons. The lowest BCUT2D eigenvalue weighted by Gasteiger charge is -2.33. The zero-order valence-electron chi connectivity index (χ0n) is 9.22. The number of esters is 1. The van der Waals surface area contributed by atoms with Crippen LogP contribution >= 0.6 is 0 Å². The van der Waals surface area contributed by atoms with Crippen LogP contribution < -0.4 is 0 Å². The fraction of sp³-hybridized carbons (Fsp3) is 0.750. The quantitative estimate of drug-likeness (QED) is 0.554. The largest absolute Gasteiger partial charge is 0.458 e. The highest BCUT2D eigenvalue weighted by atomic mass is 16.5. The summed E-state index contributed by atoms with van der Waals surface area (Å²) in [7, 11) is 0. The Kier molecular flexibility index (Phi) is 2.17. The van der Waals surface area contributed by atoms with Crippen molar-refractivity contribution in [2.24, 2.45) is 11.3 Å². The molecule has 0 aromatic heterocycles. The second-order valence-corrected chi connectivity index (χ2v) is 5.46. The minimum absolute atomic E-state index is 0.0626. The summed E-state index contributed by atoms with van der Waals surface area (Å²) in [6, 6.07) is 0. The van der Waals surface area contributed by atoms with E-state index in [2.05, 4.69) is 20.8 Å². The van der Waals surface area contributed by atoms with Gasteiger partial charge in [-0.05, 0) is 36.2 Å². The minimum Gasteiger partial charge on any atom is -0.458 e. The Morgan fingerprint density at radius 1 is 1.36 bits per heavy atom. The molecule has 0 saturated heterocycles. The number of carbonyl (C=O) groups is 1. The maximum atomic E-state index is 11.3. The van der Waals surface area contributed by atoms with Crippen LogP contribution in [0, 0.1) is 11.3 Å². The Morgan fingerprint density at radius 3 is 2.71 bits per heavy atom. The molecule has 0 radical (unpaired) electrons. The molecular formula is C12H18O2. The molecule has 0 N–H and O–H groups in total. The van der Waals surface area contributed by atoms with Gasteiger partial charge >= 0.3 is 5.97 Å². The van der Waals surface area contributed by atoms with Crippen molar-refractivity contribution < 1.29 is 9.53 Å². The Morgan fingerprint density at radius 2 is 2.07 bits per heavy atom. The van der Waals surface area contributed by atoms with Gasteiger partial charge in [-0.15, -0.1) is 0 Å². The smallest absolute Gasteiger partial charge is 0.334 e. The Labute approximate surface area is 85.3 Å². The van der Waals surface area contributed by atoms with Crippen molar-refractivity contribution in [1.82, 2.24) is 0 Å². The number of cyclic esters (lactones) is 1. The van der Waals surface area contributed by atoms with Gasteiger partial charge in [0, 0.05) is 5.57 Å². The van der Waals surface area contributed by atoms with Crippen molar-refractivity contribution in [2.45, 2.75) is 40.0 Å². The summed E-state index contributed by atoms with van der Waals surface area (Å²) in [5, 5.41) is 0. The van der Waals surface area contributed by atoms with E-state index >= 15 is 0 Å².